The first kappa shape index (κ1) is 16.8. The van der Waals surface area contributed by atoms with E-state index < -0.39 is 5.82 Å². The second kappa shape index (κ2) is 6.81. The van der Waals surface area contributed by atoms with Crippen molar-refractivity contribution >= 4 is 29.2 Å². The number of likely N-dealkylation sites (tertiary alicyclic amines) is 2. The van der Waals surface area contributed by atoms with Crippen molar-refractivity contribution in [2.75, 3.05) is 31.5 Å². The van der Waals surface area contributed by atoms with E-state index in [1.165, 1.54) is 18.2 Å². The minimum atomic E-state index is -0.633. The van der Waals surface area contributed by atoms with Crippen molar-refractivity contribution in [3.05, 3.63) is 41.7 Å². The monoisotopic (exact) mass is 351 g/mol. The molecule has 24 heavy (non-hydrogen) atoms. The molecule has 0 bridgehead atoms. The number of benzene rings is 1. The average molecular weight is 352 g/mol. The van der Waals surface area contributed by atoms with E-state index in [-0.39, 0.29) is 28.6 Å². The first-order valence-electron chi connectivity index (χ1n) is 7.91. The number of fused-ring (bicyclic) bond motifs is 1. The minimum Gasteiger partial charge on any atom is -0.339 e. The van der Waals surface area contributed by atoms with Crippen molar-refractivity contribution in [2.24, 2.45) is 11.8 Å². The molecule has 3 rings (SSSR count). The third-order valence-electron chi connectivity index (χ3n) is 4.77. The third kappa shape index (κ3) is 3.24. The maximum Gasteiger partial charge on any atom is 0.321 e. The van der Waals surface area contributed by atoms with Crippen molar-refractivity contribution in [2.45, 2.75) is 6.42 Å². The molecule has 3 amide bonds. The SMILES string of the molecule is C=CC(=O)N1CCC2CN(C(=O)Nc3cccc(Cl)c3F)CC2C1. The lowest BCUT2D eigenvalue weighted by Crippen LogP contribution is -2.42. The summed E-state index contributed by atoms with van der Waals surface area (Å²) in [5, 5.41) is 2.55. The summed E-state index contributed by atoms with van der Waals surface area (Å²) in [5.74, 6) is -0.0873. The Hall–Kier alpha value is -2.08. The summed E-state index contributed by atoms with van der Waals surface area (Å²) in [6.07, 6.45) is 2.18. The van der Waals surface area contributed by atoms with Crippen molar-refractivity contribution in [1.29, 1.82) is 0 Å². The van der Waals surface area contributed by atoms with Crippen LogP contribution in [0.4, 0.5) is 14.9 Å². The summed E-state index contributed by atoms with van der Waals surface area (Å²) in [7, 11) is 0. The van der Waals surface area contributed by atoms with Crippen LogP contribution in [-0.4, -0.2) is 47.9 Å². The largest absolute Gasteiger partial charge is 0.339 e. The van der Waals surface area contributed by atoms with E-state index >= 15 is 0 Å². The maximum absolute atomic E-state index is 13.9. The van der Waals surface area contributed by atoms with Gasteiger partial charge < -0.3 is 15.1 Å². The molecule has 0 saturated carbocycles. The molecule has 2 atom stereocenters. The van der Waals surface area contributed by atoms with Gasteiger partial charge in [-0.25, -0.2) is 9.18 Å². The molecular formula is C17H19ClFN3O2. The van der Waals surface area contributed by atoms with Crippen LogP contribution >= 0.6 is 11.6 Å². The van der Waals surface area contributed by atoms with E-state index in [0.717, 1.165) is 6.42 Å². The number of urea groups is 1. The standard InChI is InChI=1S/C17H19ClFN3O2/c1-2-15(23)21-7-6-11-8-22(10-12(11)9-21)17(24)20-14-5-3-4-13(18)16(14)19/h2-5,11-12H,1,6-10H2,(H,20,24). The predicted molar refractivity (Wildman–Crippen MR) is 90.4 cm³/mol. The van der Waals surface area contributed by atoms with Crippen molar-refractivity contribution < 1.29 is 14.0 Å². The quantitative estimate of drug-likeness (QED) is 0.833. The molecule has 2 aliphatic rings. The number of anilines is 1. The van der Waals surface area contributed by atoms with E-state index in [1.54, 1.807) is 15.9 Å². The van der Waals surface area contributed by atoms with E-state index in [0.29, 0.717) is 32.1 Å². The molecule has 2 fully saturated rings. The van der Waals surface area contributed by atoms with Gasteiger partial charge in [0.05, 0.1) is 10.7 Å². The lowest BCUT2D eigenvalue weighted by molar-refractivity contribution is -0.128. The number of carbonyl (C=O) groups excluding carboxylic acids is 2. The molecule has 0 spiro atoms. The Balaban J connectivity index is 1.63. The number of nitrogens with one attached hydrogen (secondary N) is 1. The molecule has 2 aliphatic heterocycles. The molecule has 128 valence electrons. The lowest BCUT2D eigenvalue weighted by atomic mass is 9.89. The number of piperidine rings is 1. The van der Waals surface area contributed by atoms with Crippen LogP contribution in [-0.2, 0) is 4.79 Å². The Morgan fingerprint density at radius 1 is 1.25 bits per heavy atom. The van der Waals surface area contributed by atoms with Crippen LogP contribution in [0.15, 0.2) is 30.9 Å². The summed E-state index contributed by atoms with van der Waals surface area (Å²) >= 11 is 5.73. The van der Waals surface area contributed by atoms with E-state index in [2.05, 4.69) is 11.9 Å². The number of rotatable bonds is 2. The van der Waals surface area contributed by atoms with Crippen LogP contribution in [0.3, 0.4) is 0 Å². The van der Waals surface area contributed by atoms with Gasteiger partial charge in [0.2, 0.25) is 5.91 Å². The smallest absolute Gasteiger partial charge is 0.321 e. The summed E-state index contributed by atoms with van der Waals surface area (Å²) in [6, 6.07) is 4.16. The number of carbonyl (C=O) groups is 2. The summed E-state index contributed by atoms with van der Waals surface area (Å²) < 4.78 is 13.9. The number of nitrogens with zero attached hydrogens (tertiary/aromatic N) is 2. The molecule has 2 saturated heterocycles. The van der Waals surface area contributed by atoms with Crippen LogP contribution in [0.2, 0.25) is 5.02 Å². The van der Waals surface area contributed by atoms with Gasteiger partial charge in [0.15, 0.2) is 5.82 Å². The maximum atomic E-state index is 13.9. The van der Waals surface area contributed by atoms with Crippen molar-refractivity contribution in [3.8, 4) is 0 Å². The fourth-order valence-electron chi connectivity index (χ4n) is 3.46. The van der Waals surface area contributed by atoms with Gasteiger partial charge in [-0.2, -0.15) is 0 Å². The van der Waals surface area contributed by atoms with E-state index in [4.69, 9.17) is 11.6 Å². The average Bonchev–Trinajstić information content (AvgIpc) is 3.01. The van der Waals surface area contributed by atoms with Gasteiger partial charge >= 0.3 is 6.03 Å². The molecule has 1 aromatic carbocycles. The van der Waals surface area contributed by atoms with Crippen molar-refractivity contribution in [1.82, 2.24) is 9.80 Å². The van der Waals surface area contributed by atoms with Crippen molar-refractivity contribution in [3.63, 3.8) is 0 Å². The van der Waals surface area contributed by atoms with Crippen LogP contribution < -0.4 is 5.32 Å². The Labute approximate surface area is 145 Å². The number of hydrogen-bond donors (Lipinski definition) is 1. The topological polar surface area (TPSA) is 52.7 Å². The van der Waals surface area contributed by atoms with Gasteiger partial charge in [-0.05, 0) is 36.5 Å². The van der Waals surface area contributed by atoms with Crippen LogP contribution in [0, 0.1) is 17.7 Å². The second-order valence-corrected chi connectivity index (χ2v) is 6.64. The van der Waals surface area contributed by atoms with Gasteiger partial charge in [-0.15, -0.1) is 0 Å². The molecule has 2 unspecified atom stereocenters. The van der Waals surface area contributed by atoms with Gasteiger partial charge in [-0.3, -0.25) is 4.79 Å². The lowest BCUT2D eigenvalue weighted by Gasteiger charge is -2.33. The normalized spacial score (nSPS) is 22.9. The molecule has 0 aromatic heterocycles. The van der Waals surface area contributed by atoms with Gasteiger partial charge in [0.1, 0.15) is 0 Å². The summed E-state index contributed by atoms with van der Waals surface area (Å²) in [4.78, 5) is 27.6. The molecule has 5 nitrogen and oxygen atoms in total. The zero-order valence-electron chi connectivity index (χ0n) is 13.2. The second-order valence-electron chi connectivity index (χ2n) is 6.23. The summed E-state index contributed by atoms with van der Waals surface area (Å²) in [6.45, 7) is 6.00. The Kier molecular flexibility index (Phi) is 4.76. The highest BCUT2D eigenvalue weighted by Gasteiger charge is 2.39. The Morgan fingerprint density at radius 2 is 1.96 bits per heavy atom. The first-order chi connectivity index (χ1) is 11.5. The van der Waals surface area contributed by atoms with Crippen LogP contribution in [0.1, 0.15) is 6.42 Å². The zero-order valence-corrected chi connectivity index (χ0v) is 13.9. The minimum absolute atomic E-state index is 0.0264. The molecular weight excluding hydrogens is 333 g/mol. The Bertz CT molecular complexity index is 682. The van der Waals surface area contributed by atoms with Gasteiger partial charge in [0, 0.05) is 26.2 Å². The molecule has 0 radical (unpaired) electrons. The first-order valence-corrected chi connectivity index (χ1v) is 8.28. The van der Waals surface area contributed by atoms with Gasteiger partial charge in [-0.1, -0.05) is 24.2 Å². The molecule has 1 aromatic rings. The third-order valence-corrected chi connectivity index (χ3v) is 5.06. The highest BCUT2D eigenvalue weighted by molar-refractivity contribution is 6.31. The predicted octanol–water partition coefficient (Wildman–Crippen LogP) is 2.98. The number of amides is 3. The van der Waals surface area contributed by atoms with Crippen LogP contribution in [0.5, 0.6) is 0 Å². The van der Waals surface area contributed by atoms with E-state index in [9.17, 15) is 14.0 Å². The van der Waals surface area contributed by atoms with Gasteiger partial charge in [0.25, 0.3) is 0 Å². The summed E-state index contributed by atoms with van der Waals surface area (Å²) in [5.41, 5.74) is 0.0748. The Morgan fingerprint density at radius 3 is 2.71 bits per heavy atom. The zero-order chi connectivity index (χ0) is 17.3. The highest BCUT2D eigenvalue weighted by Crippen LogP contribution is 2.32. The molecule has 0 aliphatic carbocycles. The highest BCUT2D eigenvalue weighted by atomic mass is 35.5. The fraction of sp³-hybridized carbons (Fsp3) is 0.412. The molecule has 2 heterocycles. The number of halogens is 2. The number of hydrogen-bond acceptors (Lipinski definition) is 2. The van der Waals surface area contributed by atoms with E-state index in [1.807, 2.05) is 0 Å². The fourth-order valence-corrected chi connectivity index (χ4v) is 3.63. The molecule has 1 N–H and O–H groups in total. The molecule has 7 heteroatoms. The van der Waals surface area contributed by atoms with Crippen LogP contribution in [0.25, 0.3) is 0 Å².